The molecule has 8 nitrogen and oxygen atoms in total. The molecule has 0 amide bonds. The van der Waals surface area contributed by atoms with Gasteiger partial charge in [0, 0.05) is 37.0 Å². The lowest BCUT2D eigenvalue weighted by molar-refractivity contribution is -0.274. The van der Waals surface area contributed by atoms with Crippen LogP contribution in [-0.4, -0.2) is 57.1 Å². The third-order valence-electron chi connectivity index (χ3n) is 6.50. The molecule has 198 valence electrons. The van der Waals surface area contributed by atoms with Gasteiger partial charge >= 0.3 is 6.36 Å². The highest BCUT2D eigenvalue weighted by Gasteiger charge is 2.31. The van der Waals surface area contributed by atoms with Crippen molar-refractivity contribution in [2.75, 3.05) is 20.1 Å². The normalized spacial score (nSPS) is 15.9. The second-order valence-corrected chi connectivity index (χ2v) is 9.35. The maximum Gasteiger partial charge on any atom is 0.573 e. The van der Waals surface area contributed by atoms with Crippen LogP contribution in [0.2, 0.25) is 0 Å². The first-order chi connectivity index (χ1) is 18.2. The molecule has 1 atom stereocenters. The van der Waals surface area contributed by atoms with E-state index in [1.807, 2.05) is 7.05 Å². The summed E-state index contributed by atoms with van der Waals surface area (Å²) in [5.41, 5.74) is 1.76. The Morgan fingerprint density at radius 2 is 2.00 bits per heavy atom. The molecule has 0 spiro atoms. The van der Waals surface area contributed by atoms with E-state index in [0.29, 0.717) is 35.0 Å². The van der Waals surface area contributed by atoms with Gasteiger partial charge in [0.15, 0.2) is 5.65 Å². The van der Waals surface area contributed by atoms with Crippen LogP contribution >= 0.6 is 0 Å². The summed E-state index contributed by atoms with van der Waals surface area (Å²) in [7, 11) is 1.93. The van der Waals surface area contributed by atoms with E-state index in [1.54, 1.807) is 18.2 Å². The van der Waals surface area contributed by atoms with Gasteiger partial charge < -0.3 is 20.1 Å². The summed E-state index contributed by atoms with van der Waals surface area (Å²) in [4.78, 5) is 24.7. The summed E-state index contributed by atoms with van der Waals surface area (Å²) in [6.07, 6.45) is 0.164. The van der Waals surface area contributed by atoms with Crippen LogP contribution in [0, 0.1) is 0 Å². The fraction of sp³-hybridized carbons (Fsp3) is 0.296. The van der Waals surface area contributed by atoms with Gasteiger partial charge in [-0.3, -0.25) is 9.36 Å². The molecule has 0 aliphatic carbocycles. The van der Waals surface area contributed by atoms with Gasteiger partial charge in [0.2, 0.25) is 0 Å². The summed E-state index contributed by atoms with van der Waals surface area (Å²) < 4.78 is 44.1. The molecule has 0 bridgehead atoms. The number of fused-ring (bicyclic) bond motifs is 1. The number of hydrogen-bond donors (Lipinski definition) is 2. The van der Waals surface area contributed by atoms with Gasteiger partial charge in [0.25, 0.3) is 5.56 Å². The second-order valence-electron chi connectivity index (χ2n) is 9.35. The van der Waals surface area contributed by atoms with Crippen molar-refractivity contribution in [2.45, 2.75) is 31.8 Å². The van der Waals surface area contributed by atoms with Gasteiger partial charge in [-0.05, 0) is 61.8 Å². The van der Waals surface area contributed by atoms with Crippen LogP contribution in [0.15, 0.2) is 65.8 Å². The number of benzene rings is 2. The molecule has 0 saturated carbocycles. The number of ether oxygens (including phenoxy) is 1. The van der Waals surface area contributed by atoms with Gasteiger partial charge in [-0.15, -0.1) is 13.2 Å². The minimum atomic E-state index is -4.84. The molecule has 2 aromatic heterocycles. The van der Waals surface area contributed by atoms with Crippen molar-refractivity contribution in [3.05, 3.63) is 77.0 Å². The van der Waals surface area contributed by atoms with Gasteiger partial charge in [-0.2, -0.15) is 0 Å². The Labute approximate surface area is 216 Å². The maximum atomic E-state index is 13.8. The average Bonchev–Trinajstić information content (AvgIpc) is 3.36. The number of pyridine rings is 1. The first-order valence-electron chi connectivity index (χ1n) is 12.1. The van der Waals surface area contributed by atoms with E-state index >= 15 is 0 Å². The molecule has 1 aliphatic rings. The number of phenolic OH excluding ortho intramolecular Hbond substituents is 1. The molecule has 0 radical (unpaired) electrons. The minimum absolute atomic E-state index is 0.00753. The lowest BCUT2D eigenvalue weighted by Gasteiger charge is -2.23. The van der Waals surface area contributed by atoms with Gasteiger partial charge in [0.05, 0.1) is 11.1 Å². The minimum Gasteiger partial charge on any atom is -0.508 e. The Bertz CT molecular complexity index is 1520. The number of phenols is 1. The van der Waals surface area contributed by atoms with Crippen LogP contribution in [0.1, 0.15) is 18.4 Å². The highest BCUT2D eigenvalue weighted by Crippen LogP contribution is 2.32. The molecular formula is C27H26F3N5O3. The van der Waals surface area contributed by atoms with E-state index in [0.717, 1.165) is 25.9 Å². The highest BCUT2D eigenvalue weighted by molar-refractivity contribution is 5.86. The van der Waals surface area contributed by atoms with Crippen LogP contribution in [0.25, 0.3) is 27.8 Å². The zero-order valence-electron chi connectivity index (χ0n) is 20.6. The Morgan fingerprint density at radius 3 is 2.74 bits per heavy atom. The number of halogens is 3. The van der Waals surface area contributed by atoms with E-state index in [2.05, 4.69) is 24.9 Å². The first-order valence-corrected chi connectivity index (χ1v) is 12.1. The Morgan fingerprint density at radius 1 is 1.18 bits per heavy atom. The molecular weight excluding hydrogens is 499 g/mol. The third-order valence-corrected chi connectivity index (χ3v) is 6.50. The molecule has 1 saturated heterocycles. The quantitative estimate of drug-likeness (QED) is 0.373. The molecule has 4 aromatic rings. The molecule has 0 unspecified atom stereocenters. The zero-order chi connectivity index (χ0) is 26.9. The number of nitrogens with one attached hydrogen (secondary N) is 1. The molecule has 2 aromatic carbocycles. The van der Waals surface area contributed by atoms with Crippen LogP contribution in [-0.2, 0) is 6.54 Å². The van der Waals surface area contributed by atoms with E-state index in [-0.39, 0.29) is 22.5 Å². The number of likely N-dealkylation sites (N-methyl/N-ethyl adjacent to an activating group) is 1. The standard InChI is InChI=1S/C27H26F3N5O3/c1-34(14-18-6-4-10-31-18)15-23-22(17-5-2-9-21(11-17)38-27(28,29)30)13-32-25-24(23)26(37)35(16-33-25)19-7-3-8-20(36)12-19/h2-3,5,7-9,11-13,16,18,31,36H,4,6,10,14-15H2,1H3/t18-/m0/s1. The van der Waals surface area contributed by atoms with Crippen molar-refractivity contribution in [1.82, 2.24) is 24.8 Å². The van der Waals surface area contributed by atoms with Crippen molar-refractivity contribution in [1.29, 1.82) is 0 Å². The monoisotopic (exact) mass is 525 g/mol. The number of aromatic hydroxyl groups is 1. The van der Waals surface area contributed by atoms with Crippen LogP contribution < -0.4 is 15.6 Å². The molecule has 2 N–H and O–H groups in total. The Balaban J connectivity index is 1.66. The summed E-state index contributed by atoms with van der Waals surface area (Å²) in [5.74, 6) is -0.375. The average molecular weight is 526 g/mol. The van der Waals surface area contributed by atoms with Crippen molar-refractivity contribution < 1.29 is 23.0 Å². The van der Waals surface area contributed by atoms with E-state index in [9.17, 15) is 23.1 Å². The maximum absolute atomic E-state index is 13.8. The van der Waals surface area contributed by atoms with E-state index in [1.165, 1.54) is 47.4 Å². The first kappa shape index (κ1) is 25.7. The summed E-state index contributed by atoms with van der Waals surface area (Å²) in [5, 5.41) is 13.6. The predicted octanol–water partition coefficient (Wildman–Crippen LogP) is 4.24. The lowest BCUT2D eigenvalue weighted by atomic mass is 9.98. The topological polar surface area (TPSA) is 92.5 Å². The number of alkyl halides is 3. The van der Waals surface area contributed by atoms with E-state index in [4.69, 9.17) is 0 Å². The number of aromatic nitrogens is 3. The molecule has 5 rings (SSSR count). The molecule has 11 heteroatoms. The fourth-order valence-electron chi connectivity index (χ4n) is 4.87. The number of nitrogens with zero attached hydrogens (tertiary/aromatic N) is 4. The predicted molar refractivity (Wildman–Crippen MR) is 136 cm³/mol. The van der Waals surface area contributed by atoms with Crippen molar-refractivity contribution in [3.63, 3.8) is 0 Å². The largest absolute Gasteiger partial charge is 0.573 e. The second kappa shape index (κ2) is 10.4. The number of rotatable bonds is 7. The molecule has 38 heavy (non-hydrogen) atoms. The van der Waals surface area contributed by atoms with Crippen LogP contribution in [0.5, 0.6) is 11.5 Å². The smallest absolute Gasteiger partial charge is 0.508 e. The van der Waals surface area contributed by atoms with E-state index < -0.39 is 11.9 Å². The fourth-order valence-corrected chi connectivity index (χ4v) is 4.87. The van der Waals surface area contributed by atoms with Gasteiger partial charge in [-0.1, -0.05) is 18.2 Å². The molecule has 1 aliphatic heterocycles. The zero-order valence-corrected chi connectivity index (χ0v) is 20.6. The van der Waals surface area contributed by atoms with Crippen molar-refractivity contribution in [3.8, 4) is 28.3 Å². The molecule has 3 heterocycles. The third kappa shape index (κ3) is 5.63. The Kier molecular flexibility index (Phi) is 7.04. The van der Waals surface area contributed by atoms with Gasteiger partial charge in [-0.25, -0.2) is 9.97 Å². The van der Waals surface area contributed by atoms with Crippen LogP contribution in [0.3, 0.4) is 0 Å². The lowest BCUT2D eigenvalue weighted by Crippen LogP contribution is -2.35. The molecule has 1 fully saturated rings. The summed E-state index contributed by atoms with van der Waals surface area (Å²) >= 11 is 0. The van der Waals surface area contributed by atoms with Gasteiger partial charge in [0.1, 0.15) is 17.8 Å². The van der Waals surface area contributed by atoms with Crippen molar-refractivity contribution in [2.24, 2.45) is 0 Å². The SMILES string of the molecule is CN(Cc1c(-c2cccc(OC(F)(F)F)c2)cnc2ncn(-c3cccc(O)c3)c(=O)c12)C[C@@H]1CCCN1. The summed E-state index contributed by atoms with van der Waals surface area (Å²) in [6, 6.07) is 12.2. The highest BCUT2D eigenvalue weighted by atomic mass is 19.4. The van der Waals surface area contributed by atoms with Crippen molar-refractivity contribution >= 4 is 11.0 Å². The summed E-state index contributed by atoms with van der Waals surface area (Å²) in [6.45, 7) is 2.01. The number of hydrogen-bond acceptors (Lipinski definition) is 7. The Hall–Kier alpha value is -3.96. The van der Waals surface area contributed by atoms with Crippen LogP contribution in [0.4, 0.5) is 13.2 Å².